The number of aromatic amines is 1. The average Bonchev–Trinajstić information content (AvgIpc) is 2.87. The topological polar surface area (TPSA) is 216 Å². The van der Waals surface area contributed by atoms with Crippen molar-refractivity contribution in [3.8, 4) is 0 Å². The van der Waals surface area contributed by atoms with Crippen LogP contribution in [-0.2, 0) is 43.6 Å². The number of H-pyrrole nitrogens is 1. The van der Waals surface area contributed by atoms with E-state index in [1.807, 2.05) is 4.98 Å². The van der Waals surface area contributed by atoms with Crippen molar-refractivity contribution < 1.29 is 55.7 Å². The van der Waals surface area contributed by atoms with Crippen molar-refractivity contribution in [2.45, 2.75) is 31.5 Å². The molecule has 0 saturated carbocycles. The summed E-state index contributed by atoms with van der Waals surface area (Å²) in [6.45, 7) is -4.14. The number of hydrogen-bond donors (Lipinski definition) is 5. The molecule has 178 valence electrons. The van der Waals surface area contributed by atoms with Gasteiger partial charge in [-0.25, -0.2) is 22.6 Å². The maximum Gasteiger partial charge on any atom is 0.488 e. The summed E-state index contributed by atoms with van der Waals surface area (Å²) in [4.78, 5) is 61.4. The van der Waals surface area contributed by atoms with E-state index in [4.69, 9.17) is 23.8 Å². The van der Waals surface area contributed by atoms with Gasteiger partial charge in [-0.15, -0.1) is 0 Å². The van der Waals surface area contributed by atoms with Crippen LogP contribution in [0.2, 0.25) is 0 Å². The van der Waals surface area contributed by atoms with Crippen LogP contribution < -0.4 is 11.2 Å². The van der Waals surface area contributed by atoms with Crippen LogP contribution in [0.25, 0.3) is 0 Å². The zero-order valence-electron chi connectivity index (χ0n) is 15.5. The van der Waals surface area contributed by atoms with Crippen LogP contribution in [0.1, 0.15) is 19.6 Å². The van der Waals surface area contributed by atoms with Crippen LogP contribution >= 0.6 is 22.4 Å². The molecule has 0 radical (unpaired) electrons. The van der Waals surface area contributed by atoms with Gasteiger partial charge in [0, 0.05) is 25.3 Å². The fourth-order valence-corrected chi connectivity index (χ4v) is 6.54. The van der Waals surface area contributed by atoms with Gasteiger partial charge in [-0.05, 0) is 18.7 Å². The van der Waals surface area contributed by atoms with Crippen molar-refractivity contribution in [1.29, 1.82) is 0 Å². The normalized spacial score (nSPS) is 28.2. The molecule has 2 rings (SSSR count). The van der Waals surface area contributed by atoms with Crippen molar-refractivity contribution in [2.24, 2.45) is 0 Å². The molecule has 1 aliphatic heterocycles. The van der Waals surface area contributed by atoms with Gasteiger partial charge in [0.25, 0.3) is 5.56 Å². The first-order valence-corrected chi connectivity index (χ1v) is 13.7. The summed E-state index contributed by atoms with van der Waals surface area (Å²) in [7, 11) is -11.0. The molecule has 15 nitrogen and oxygen atoms in total. The van der Waals surface area contributed by atoms with Gasteiger partial charge in [0.05, 0.1) is 0 Å². The Labute approximate surface area is 177 Å². The Morgan fingerprint density at radius 2 is 1.97 bits per heavy atom. The molecular weight excluding hydrogens is 512 g/mol. The third-order valence-corrected chi connectivity index (χ3v) is 8.25. The first kappa shape index (κ1) is 26.6. The molecule has 0 spiro atoms. The number of rotatable bonds is 10. The molecule has 0 bridgehead atoms. The molecule has 20 heteroatoms. The van der Waals surface area contributed by atoms with Crippen molar-refractivity contribution in [1.82, 2.24) is 9.55 Å². The van der Waals surface area contributed by atoms with Gasteiger partial charge in [-0.2, -0.15) is 4.31 Å². The highest BCUT2D eigenvalue weighted by Gasteiger charge is 2.51. The molecule has 1 saturated heterocycles. The Bertz CT molecular complexity index is 1060. The van der Waals surface area contributed by atoms with Gasteiger partial charge >= 0.3 is 28.1 Å². The Kier molecular flexibility index (Phi) is 8.32. The Hall–Kier alpha value is -0.640. The molecule has 1 aliphatic rings. The van der Waals surface area contributed by atoms with E-state index in [0.717, 1.165) is 16.8 Å². The van der Waals surface area contributed by atoms with Gasteiger partial charge in [0.2, 0.25) is 0 Å². The molecule has 2 heterocycles. The predicted octanol–water partition coefficient (Wildman–Crippen LogP) is -0.0139. The number of ether oxygens (including phenoxy) is 2. The largest absolute Gasteiger partial charge is 0.488 e. The van der Waals surface area contributed by atoms with Gasteiger partial charge in [-0.1, -0.05) is 0 Å². The summed E-state index contributed by atoms with van der Waals surface area (Å²) < 4.78 is 60.8. The minimum Gasteiger partial charge on any atom is -0.348 e. The zero-order valence-corrected chi connectivity index (χ0v) is 19.0. The number of hydrogen-bond acceptors (Lipinski definition) is 10. The number of alkyl halides is 1. The molecule has 1 aromatic heterocycles. The first-order chi connectivity index (χ1) is 14.1. The smallest absolute Gasteiger partial charge is 0.348 e. The fraction of sp³-hybridized carbons (Fsp3) is 0.636. The minimum atomic E-state index is -5.55. The highest BCUT2D eigenvalue weighted by atomic mass is 32.5. The second-order valence-electron chi connectivity index (χ2n) is 5.95. The van der Waals surface area contributed by atoms with Gasteiger partial charge in [0.15, 0.2) is 18.2 Å². The van der Waals surface area contributed by atoms with Crippen LogP contribution in [-0.4, -0.2) is 54.3 Å². The zero-order chi connectivity index (χ0) is 23.7. The summed E-state index contributed by atoms with van der Waals surface area (Å²) in [5.74, 6) is -1.95. The molecule has 1 fully saturated rings. The van der Waals surface area contributed by atoms with Gasteiger partial charge in [-0.3, -0.25) is 14.3 Å². The average molecular weight is 530 g/mol. The second kappa shape index (κ2) is 9.69. The Morgan fingerprint density at radius 3 is 2.52 bits per heavy atom. The number of nitrogens with one attached hydrogen (secondary N) is 1. The third kappa shape index (κ3) is 7.72. The number of aromatic nitrogens is 2. The summed E-state index contributed by atoms with van der Waals surface area (Å²) in [5, 5.41) is 0. The summed E-state index contributed by atoms with van der Waals surface area (Å²) in [6.07, 6.45) is -3.00. The van der Waals surface area contributed by atoms with Crippen LogP contribution in [0.5, 0.6) is 0 Å². The predicted molar refractivity (Wildman–Crippen MR) is 102 cm³/mol. The molecule has 0 aromatic carbocycles. The highest BCUT2D eigenvalue weighted by molar-refractivity contribution is 8.08. The maximum absolute atomic E-state index is 14.6. The van der Waals surface area contributed by atoms with Gasteiger partial charge in [0.1, 0.15) is 6.61 Å². The SMILES string of the molecule is CCOC1(COP(O)(=S)OP(=O)(O)OP(=O)(O)O)CC(F)C(n2ccc(=O)[nH]c2=O)O1. The summed E-state index contributed by atoms with van der Waals surface area (Å²) in [6, 6.07) is 0.954. The van der Waals surface area contributed by atoms with E-state index in [2.05, 4.69) is 20.4 Å². The van der Waals surface area contributed by atoms with Gasteiger partial charge < -0.3 is 33.6 Å². The quantitative estimate of drug-likeness (QED) is 0.252. The second-order valence-corrected chi connectivity index (χ2v) is 11.8. The lowest BCUT2D eigenvalue weighted by Crippen LogP contribution is -2.39. The summed E-state index contributed by atoms with van der Waals surface area (Å²) in [5.41, 5.74) is -1.70. The molecule has 5 atom stereocenters. The van der Waals surface area contributed by atoms with E-state index in [-0.39, 0.29) is 6.61 Å². The van der Waals surface area contributed by atoms with E-state index in [1.165, 1.54) is 6.92 Å². The van der Waals surface area contributed by atoms with Crippen LogP contribution in [0.3, 0.4) is 0 Å². The van der Waals surface area contributed by atoms with E-state index in [9.17, 15) is 32.9 Å². The maximum atomic E-state index is 14.6. The third-order valence-electron chi connectivity index (χ3n) is 3.55. The van der Waals surface area contributed by atoms with Crippen LogP contribution in [0, 0.1) is 0 Å². The Morgan fingerprint density at radius 1 is 1.32 bits per heavy atom. The lowest BCUT2D eigenvalue weighted by atomic mass is 10.1. The highest BCUT2D eigenvalue weighted by Crippen LogP contribution is 2.66. The minimum absolute atomic E-state index is 0.0711. The van der Waals surface area contributed by atoms with Crippen LogP contribution in [0.4, 0.5) is 4.39 Å². The van der Waals surface area contributed by atoms with Crippen LogP contribution in [0.15, 0.2) is 21.9 Å². The molecule has 0 amide bonds. The molecule has 5 unspecified atom stereocenters. The first-order valence-electron chi connectivity index (χ1n) is 8.13. The molecule has 5 N–H and O–H groups in total. The molecule has 1 aromatic rings. The van der Waals surface area contributed by atoms with E-state index in [1.54, 1.807) is 0 Å². The number of nitrogens with zero attached hydrogens (tertiary/aromatic N) is 1. The lowest BCUT2D eigenvalue weighted by molar-refractivity contribution is -0.251. The molecule has 0 aliphatic carbocycles. The Balaban J connectivity index is 2.17. The summed E-state index contributed by atoms with van der Waals surface area (Å²) >= 11 is 4.49. The monoisotopic (exact) mass is 530 g/mol. The van der Waals surface area contributed by atoms with Crippen molar-refractivity contribution in [3.05, 3.63) is 33.1 Å². The van der Waals surface area contributed by atoms with Crippen molar-refractivity contribution in [2.75, 3.05) is 13.2 Å². The number of phosphoric acid groups is 2. The van der Waals surface area contributed by atoms with Crippen molar-refractivity contribution >= 4 is 34.2 Å². The standard InChI is InChI=1S/C11H18FN2O13P3S/c1-2-23-11(6-24-30(22,31)27-29(20,21)26-28(17,18)19)5-7(12)9(25-11)14-4-3-8(15)13-10(14)16/h3-4,7,9H,2,5-6H2,1H3,(H,20,21)(H,22,31)(H,13,15,16)(H2,17,18,19). The molecular formula is C11H18FN2O13P3S. The van der Waals surface area contributed by atoms with E-state index in [0.29, 0.717) is 0 Å². The van der Waals surface area contributed by atoms with E-state index < -0.39 is 64.8 Å². The molecule has 31 heavy (non-hydrogen) atoms. The van der Waals surface area contributed by atoms with E-state index >= 15 is 0 Å². The number of halogens is 1. The van der Waals surface area contributed by atoms with Crippen molar-refractivity contribution in [3.63, 3.8) is 0 Å². The fourth-order valence-electron chi connectivity index (χ4n) is 2.57. The lowest BCUT2D eigenvalue weighted by Gasteiger charge is -2.30.